The van der Waals surface area contributed by atoms with Gasteiger partial charge in [0.15, 0.2) is 5.82 Å². The number of benzene rings is 3. The number of aromatic nitrogens is 2. The monoisotopic (exact) mass is 461 g/mol. The van der Waals surface area contributed by atoms with E-state index >= 15 is 0 Å². The second-order valence-corrected chi connectivity index (χ2v) is 7.43. The number of nitrogens with one attached hydrogen (secondary N) is 1. The van der Waals surface area contributed by atoms with Gasteiger partial charge in [0.2, 0.25) is 0 Å². The molecule has 0 bridgehead atoms. The second-order valence-electron chi connectivity index (χ2n) is 7.03. The lowest BCUT2D eigenvalue weighted by Crippen LogP contribution is -2.34. The molecule has 0 fully saturated rings. The molecule has 0 aliphatic carbocycles. The number of para-hydroxylation sites is 1. The number of ether oxygens (including phenoxy) is 2. The van der Waals surface area contributed by atoms with Gasteiger partial charge in [-0.2, -0.15) is 4.68 Å². The first-order chi connectivity index (χ1) is 16.0. The smallest absolute Gasteiger partial charge is 0.280 e. The summed E-state index contributed by atoms with van der Waals surface area (Å²) >= 11 is 6.15. The number of amides is 1. The van der Waals surface area contributed by atoms with Gasteiger partial charge in [0.05, 0.1) is 25.1 Å². The molecule has 7 nitrogen and oxygen atoms in total. The summed E-state index contributed by atoms with van der Waals surface area (Å²) in [5.41, 5.74) is 3.91. The zero-order chi connectivity index (χ0) is 23.4. The van der Waals surface area contributed by atoms with Crippen molar-refractivity contribution in [1.82, 2.24) is 9.66 Å². The Labute approximate surface area is 194 Å². The summed E-state index contributed by atoms with van der Waals surface area (Å²) in [7, 11) is 3.06. The largest absolute Gasteiger partial charge is 0.497 e. The third-order valence-electron chi connectivity index (χ3n) is 4.93. The van der Waals surface area contributed by atoms with Crippen LogP contribution in [0.5, 0.6) is 11.5 Å². The summed E-state index contributed by atoms with van der Waals surface area (Å²) in [6.45, 7) is 0. The molecule has 0 saturated carbocycles. The normalized spacial score (nSPS) is 11.0. The van der Waals surface area contributed by atoms with E-state index in [0.717, 1.165) is 4.68 Å². The number of halogens is 1. The van der Waals surface area contributed by atoms with Crippen molar-refractivity contribution in [3.05, 3.63) is 93.7 Å². The standard InChI is InChI=1S/C25H20ClN3O4/c1-32-18-13-17(14-19(15-18)33-2)24-27-22-10-6-4-8-20(22)25(31)29(24)28-23(30)12-11-16-7-3-5-9-21(16)26/h3-15H,1-2H3,(H,28,30). The SMILES string of the molecule is COc1cc(OC)cc(-c2nc3ccccc3c(=O)n2NC(=O)C=Cc2ccccc2Cl)c1. The number of methoxy groups -OCH3 is 2. The molecule has 0 atom stereocenters. The Bertz CT molecular complexity index is 1410. The number of fused-ring (bicyclic) bond motifs is 1. The molecular formula is C25H20ClN3O4. The molecule has 1 heterocycles. The van der Waals surface area contributed by atoms with Crippen LogP contribution in [0, 0.1) is 0 Å². The van der Waals surface area contributed by atoms with E-state index in [2.05, 4.69) is 10.4 Å². The van der Waals surface area contributed by atoms with Crippen LogP contribution in [0.25, 0.3) is 28.4 Å². The van der Waals surface area contributed by atoms with Gasteiger partial charge in [0.1, 0.15) is 11.5 Å². The summed E-state index contributed by atoms with van der Waals surface area (Å²) in [6, 6.07) is 19.2. The Morgan fingerprint density at radius 3 is 2.36 bits per heavy atom. The zero-order valence-corrected chi connectivity index (χ0v) is 18.7. The summed E-state index contributed by atoms with van der Waals surface area (Å²) < 4.78 is 11.8. The maximum Gasteiger partial charge on any atom is 0.280 e. The van der Waals surface area contributed by atoms with Crippen LogP contribution < -0.4 is 20.5 Å². The summed E-state index contributed by atoms with van der Waals surface area (Å²) in [5.74, 6) is 0.743. The Balaban J connectivity index is 1.82. The Morgan fingerprint density at radius 1 is 1.00 bits per heavy atom. The number of hydrogen-bond acceptors (Lipinski definition) is 5. The molecule has 3 aromatic carbocycles. The van der Waals surface area contributed by atoms with Gasteiger partial charge >= 0.3 is 0 Å². The molecule has 0 aliphatic rings. The number of hydrogen-bond donors (Lipinski definition) is 1. The van der Waals surface area contributed by atoms with E-state index in [1.165, 1.54) is 20.3 Å². The van der Waals surface area contributed by atoms with Gasteiger partial charge in [-0.15, -0.1) is 0 Å². The molecule has 0 unspecified atom stereocenters. The van der Waals surface area contributed by atoms with Gasteiger partial charge in [-0.1, -0.05) is 41.9 Å². The maximum absolute atomic E-state index is 13.3. The third kappa shape index (κ3) is 4.73. The Hall–Kier alpha value is -4.10. The van der Waals surface area contributed by atoms with Gasteiger partial charge in [-0.05, 0) is 42.0 Å². The molecule has 1 amide bonds. The zero-order valence-electron chi connectivity index (χ0n) is 17.9. The number of carbonyl (C=O) groups is 1. The minimum absolute atomic E-state index is 0.232. The molecule has 4 rings (SSSR count). The number of rotatable bonds is 6. The van der Waals surface area contributed by atoms with Crippen LogP contribution in [0.2, 0.25) is 5.02 Å². The first-order valence-corrected chi connectivity index (χ1v) is 10.4. The molecule has 0 aliphatic heterocycles. The fourth-order valence-electron chi connectivity index (χ4n) is 3.29. The third-order valence-corrected chi connectivity index (χ3v) is 5.27. The fourth-order valence-corrected chi connectivity index (χ4v) is 3.49. The van der Waals surface area contributed by atoms with E-state index in [0.29, 0.717) is 38.6 Å². The molecule has 0 spiro atoms. The molecule has 1 N–H and O–H groups in total. The van der Waals surface area contributed by atoms with E-state index < -0.39 is 11.5 Å². The highest BCUT2D eigenvalue weighted by atomic mass is 35.5. The van der Waals surface area contributed by atoms with Gasteiger partial charge < -0.3 is 9.47 Å². The highest BCUT2D eigenvalue weighted by Crippen LogP contribution is 2.29. The first-order valence-electron chi connectivity index (χ1n) is 9.99. The topological polar surface area (TPSA) is 82.4 Å². The van der Waals surface area contributed by atoms with Crippen LogP contribution in [-0.2, 0) is 4.79 Å². The molecule has 4 aromatic rings. The minimum atomic E-state index is -0.523. The van der Waals surface area contributed by atoms with E-state index in [4.69, 9.17) is 21.1 Å². The molecule has 33 heavy (non-hydrogen) atoms. The second kappa shape index (κ2) is 9.58. The van der Waals surface area contributed by atoms with Crippen molar-refractivity contribution in [3.63, 3.8) is 0 Å². The van der Waals surface area contributed by atoms with Crippen LogP contribution in [0.4, 0.5) is 0 Å². The van der Waals surface area contributed by atoms with Crippen molar-refractivity contribution in [2.24, 2.45) is 0 Å². The summed E-state index contributed by atoms with van der Waals surface area (Å²) in [6.07, 6.45) is 2.88. The molecular weight excluding hydrogens is 442 g/mol. The Morgan fingerprint density at radius 2 is 1.67 bits per heavy atom. The lowest BCUT2D eigenvalue weighted by Gasteiger charge is -2.15. The van der Waals surface area contributed by atoms with E-state index in [1.807, 2.05) is 6.07 Å². The number of nitrogens with zero attached hydrogens (tertiary/aromatic N) is 2. The quantitative estimate of drug-likeness (QED) is 0.427. The van der Waals surface area contributed by atoms with Crippen LogP contribution in [-0.4, -0.2) is 29.8 Å². The predicted molar refractivity (Wildman–Crippen MR) is 129 cm³/mol. The van der Waals surface area contributed by atoms with Crippen molar-refractivity contribution in [3.8, 4) is 22.9 Å². The van der Waals surface area contributed by atoms with Crippen LogP contribution in [0.1, 0.15) is 5.56 Å². The van der Waals surface area contributed by atoms with Gasteiger partial charge in [-0.25, -0.2) is 4.98 Å². The van der Waals surface area contributed by atoms with Crippen molar-refractivity contribution >= 4 is 34.5 Å². The molecule has 166 valence electrons. The number of carbonyl (C=O) groups excluding carboxylic acids is 1. The average Bonchev–Trinajstić information content (AvgIpc) is 2.84. The molecule has 0 saturated heterocycles. The van der Waals surface area contributed by atoms with Crippen molar-refractivity contribution < 1.29 is 14.3 Å². The summed E-state index contributed by atoms with van der Waals surface area (Å²) in [4.78, 5) is 30.7. The van der Waals surface area contributed by atoms with Crippen LogP contribution in [0.15, 0.2) is 77.6 Å². The fraction of sp³-hybridized carbons (Fsp3) is 0.0800. The highest BCUT2D eigenvalue weighted by Gasteiger charge is 2.16. The van der Waals surface area contributed by atoms with Crippen LogP contribution in [0.3, 0.4) is 0 Å². The molecule has 8 heteroatoms. The van der Waals surface area contributed by atoms with Crippen molar-refractivity contribution in [2.75, 3.05) is 19.6 Å². The predicted octanol–water partition coefficient (Wildman–Crippen LogP) is 4.52. The maximum atomic E-state index is 13.3. The first kappa shape index (κ1) is 22.1. The molecule has 0 radical (unpaired) electrons. The minimum Gasteiger partial charge on any atom is -0.497 e. The average molecular weight is 462 g/mol. The van der Waals surface area contributed by atoms with Crippen molar-refractivity contribution in [2.45, 2.75) is 0 Å². The van der Waals surface area contributed by atoms with Gasteiger partial charge in [-0.3, -0.25) is 15.0 Å². The van der Waals surface area contributed by atoms with Crippen molar-refractivity contribution in [1.29, 1.82) is 0 Å². The van der Waals surface area contributed by atoms with Crippen LogP contribution >= 0.6 is 11.6 Å². The lowest BCUT2D eigenvalue weighted by molar-refractivity contribution is -0.112. The Kier molecular flexibility index (Phi) is 6.42. The molecule has 1 aromatic heterocycles. The lowest BCUT2D eigenvalue weighted by atomic mass is 10.1. The van der Waals surface area contributed by atoms with Gasteiger partial charge in [0, 0.05) is 22.7 Å². The van der Waals surface area contributed by atoms with Gasteiger partial charge in [0.25, 0.3) is 11.5 Å². The van der Waals surface area contributed by atoms with E-state index in [1.54, 1.807) is 66.7 Å². The summed E-state index contributed by atoms with van der Waals surface area (Å²) in [5, 5.41) is 0.877. The van der Waals surface area contributed by atoms with E-state index in [-0.39, 0.29) is 5.82 Å². The van der Waals surface area contributed by atoms with E-state index in [9.17, 15) is 9.59 Å². The highest BCUT2D eigenvalue weighted by molar-refractivity contribution is 6.32.